The first-order chi connectivity index (χ1) is 11.2. The summed E-state index contributed by atoms with van der Waals surface area (Å²) in [4.78, 5) is 17.8. The van der Waals surface area contributed by atoms with Crippen LogP contribution in [0.15, 0.2) is 30.3 Å². The molecule has 0 aliphatic carbocycles. The van der Waals surface area contributed by atoms with Crippen LogP contribution in [0, 0.1) is 13.8 Å². The predicted molar refractivity (Wildman–Crippen MR) is 93.7 cm³/mol. The van der Waals surface area contributed by atoms with Crippen LogP contribution < -0.4 is 4.74 Å². The molecule has 0 saturated carbocycles. The topological polar surface area (TPSA) is 87.0 Å². The van der Waals surface area contributed by atoms with Crippen molar-refractivity contribution in [3.63, 3.8) is 0 Å². The Bertz CT molecular complexity index is 756. The third kappa shape index (κ3) is 4.84. The lowest BCUT2D eigenvalue weighted by Crippen LogP contribution is -2.01. The van der Waals surface area contributed by atoms with E-state index >= 15 is 0 Å². The molecule has 0 unspecified atom stereocenters. The number of phenolic OH excluding ortho intramolecular Hbond substituents is 1. The molecule has 0 aliphatic rings. The lowest BCUT2D eigenvalue weighted by atomic mass is 9.94. The molecule has 0 heterocycles. The highest BCUT2D eigenvalue weighted by atomic mass is 31.2. The van der Waals surface area contributed by atoms with Crippen LogP contribution in [0.1, 0.15) is 34.7 Å². The molecular weight excluding hydrogens is 327 g/mol. The van der Waals surface area contributed by atoms with Crippen LogP contribution >= 0.6 is 7.60 Å². The van der Waals surface area contributed by atoms with E-state index in [1.165, 1.54) is 0 Å². The molecule has 24 heavy (non-hydrogen) atoms. The summed E-state index contributed by atoms with van der Waals surface area (Å²) in [6, 6.07) is 9.21. The average Bonchev–Trinajstić information content (AvgIpc) is 2.49. The molecule has 0 amide bonds. The Balaban J connectivity index is 2.24. The highest BCUT2D eigenvalue weighted by Crippen LogP contribution is 2.35. The molecule has 2 aromatic carbocycles. The van der Waals surface area contributed by atoms with Gasteiger partial charge in [-0.1, -0.05) is 19.1 Å². The van der Waals surface area contributed by atoms with Crippen LogP contribution in [0.25, 0.3) is 0 Å². The van der Waals surface area contributed by atoms with E-state index in [0.717, 1.165) is 40.7 Å². The number of hydrogen-bond acceptors (Lipinski definition) is 3. The largest absolute Gasteiger partial charge is 0.508 e. The SMILES string of the molecule is CCc1cc(Cc2c(C)cc(OCP(=O)(O)O)cc2C)ccc1O. The van der Waals surface area contributed by atoms with Gasteiger partial charge in [0.15, 0.2) is 6.35 Å². The molecule has 0 aliphatic heterocycles. The van der Waals surface area contributed by atoms with Gasteiger partial charge in [0.05, 0.1) is 0 Å². The minimum absolute atomic E-state index is 0.316. The van der Waals surface area contributed by atoms with Gasteiger partial charge in [-0.15, -0.1) is 0 Å². The average molecular weight is 350 g/mol. The van der Waals surface area contributed by atoms with Gasteiger partial charge < -0.3 is 19.6 Å². The number of phenols is 1. The molecule has 0 fully saturated rings. The van der Waals surface area contributed by atoms with E-state index in [1.807, 2.05) is 32.9 Å². The molecule has 3 N–H and O–H groups in total. The second kappa shape index (κ2) is 7.39. The molecule has 130 valence electrons. The zero-order valence-electron chi connectivity index (χ0n) is 14.1. The van der Waals surface area contributed by atoms with Crippen molar-refractivity contribution in [1.82, 2.24) is 0 Å². The number of rotatable bonds is 6. The third-order valence-corrected chi connectivity index (χ3v) is 4.44. The molecule has 0 radical (unpaired) electrons. The highest BCUT2D eigenvalue weighted by molar-refractivity contribution is 7.51. The summed E-state index contributed by atoms with van der Waals surface area (Å²) in [5, 5.41) is 9.79. The molecule has 0 saturated heterocycles. The molecule has 0 spiro atoms. The van der Waals surface area contributed by atoms with Gasteiger partial charge in [-0.2, -0.15) is 0 Å². The van der Waals surface area contributed by atoms with Gasteiger partial charge in [0.25, 0.3) is 0 Å². The zero-order valence-corrected chi connectivity index (χ0v) is 15.0. The fourth-order valence-electron chi connectivity index (χ4n) is 2.71. The quantitative estimate of drug-likeness (QED) is 0.692. The lowest BCUT2D eigenvalue weighted by molar-refractivity contribution is 0.300. The van der Waals surface area contributed by atoms with E-state index in [9.17, 15) is 9.67 Å². The minimum Gasteiger partial charge on any atom is -0.508 e. The van der Waals surface area contributed by atoms with Crippen molar-refractivity contribution >= 4 is 7.60 Å². The molecule has 0 atom stereocenters. The van der Waals surface area contributed by atoms with E-state index in [0.29, 0.717) is 11.5 Å². The van der Waals surface area contributed by atoms with Gasteiger partial charge in [-0.05, 0) is 72.7 Å². The fourth-order valence-corrected chi connectivity index (χ4v) is 3.03. The number of aryl methyl sites for hydroxylation is 3. The van der Waals surface area contributed by atoms with Crippen molar-refractivity contribution in [2.75, 3.05) is 6.35 Å². The second-order valence-electron chi connectivity index (χ2n) is 5.97. The maximum absolute atomic E-state index is 10.9. The van der Waals surface area contributed by atoms with E-state index in [2.05, 4.69) is 0 Å². The van der Waals surface area contributed by atoms with Gasteiger partial charge in [0.2, 0.25) is 0 Å². The second-order valence-corrected chi connectivity index (χ2v) is 7.55. The number of aromatic hydroxyl groups is 1. The molecular formula is C18H23O5P. The summed E-state index contributed by atoms with van der Waals surface area (Å²) in [5.41, 5.74) is 5.18. The monoisotopic (exact) mass is 350 g/mol. The first-order valence-corrected chi connectivity index (χ1v) is 9.57. The van der Waals surface area contributed by atoms with Gasteiger partial charge in [-0.3, -0.25) is 4.57 Å². The summed E-state index contributed by atoms with van der Waals surface area (Å²) in [7, 11) is -4.19. The Morgan fingerprint density at radius 1 is 1.08 bits per heavy atom. The molecule has 6 heteroatoms. The van der Waals surface area contributed by atoms with Crippen molar-refractivity contribution in [1.29, 1.82) is 0 Å². The normalized spacial score (nSPS) is 11.5. The van der Waals surface area contributed by atoms with Gasteiger partial charge in [-0.25, -0.2) is 0 Å². The third-order valence-electron chi connectivity index (χ3n) is 3.97. The first kappa shape index (κ1) is 18.5. The van der Waals surface area contributed by atoms with Gasteiger partial charge in [0.1, 0.15) is 11.5 Å². The maximum Gasteiger partial charge on any atom is 0.362 e. The summed E-state index contributed by atoms with van der Waals surface area (Å²) in [6.07, 6.45) is 0.875. The molecule has 0 bridgehead atoms. The Hall–Kier alpha value is -1.81. The molecule has 0 aromatic heterocycles. The minimum atomic E-state index is -4.19. The standard InChI is InChI=1S/C18H23O5P/c1-4-15-9-14(5-6-18(15)19)10-17-12(2)7-16(8-13(17)3)23-11-24(20,21)22/h5-9,19H,4,10-11H2,1-3H3,(H2,20,21,22). The first-order valence-electron chi connectivity index (χ1n) is 7.78. The fraction of sp³-hybridized carbons (Fsp3) is 0.333. The molecule has 5 nitrogen and oxygen atoms in total. The smallest absolute Gasteiger partial charge is 0.362 e. The van der Waals surface area contributed by atoms with Crippen LogP contribution in [-0.2, 0) is 17.4 Å². The van der Waals surface area contributed by atoms with Crippen molar-refractivity contribution in [3.05, 3.63) is 58.1 Å². The zero-order chi connectivity index (χ0) is 17.9. The van der Waals surface area contributed by atoms with Crippen molar-refractivity contribution in [3.8, 4) is 11.5 Å². The summed E-state index contributed by atoms with van der Waals surface area (Å²) in [5.74, 6) is 0.771. The van der Waals surface area contributed by atoms with Gasteiger partial charge in [0, 0.05) is 0 Å². The van der Waals surface area contributed by atoms with E-state index in [1.54, 1.807) is 18.2 Å². The number of benzene rings is 2. The van der Waals surface area contributed by atoms with E-state index in [-0.39, 0.29) is 0 Å². The summed E-state index contributed by atoms with van der Waals surface area (Å²) in [6.45, 7) is 5.91. The van der Waals surface area contributed by atoms with Crippen molar-refractivity contribution in [2.24, 2.45) is 0 Å². The molecule has 2 rings (SSSR count). The van der Waals surface area contributed by atoms with E-state index < -0.39 is 13.9 Å². The van der Waals surface area contributed by atoms with Crippen molar-refractivity contribution < 1.29 is 24.2 Å². The number of hydrogen-bond donors (Lipinski definition) is 3. The summed E-state index contributed by atoms with van der Waals surface area (Å²) >= 11 is 0. The Morgan fingerprint density at radius 2 is 1.71 bits per heavy atom. The van der Waals surface area contributed by atoms with Crippen molar-refractivity contribution in [2.45, 2.75) is 33.6 Å². The Morgan fingerprint density at radius 3 is 2.25 bits per heavy atom. The highest BCUT2D eigenvalue weighted by Gasteiger charge is 2.15. The van der Waals surface area contributed by atoms with Crippen LogP contribution in [0.5, 0.6) is 11.5 Å². The Labute approximate surface area is 142 Å². The maximum atomic E-state index is 10.9. The van der Waals surface area contributed by atoms with Crippen LogP contribution in [-0.4, -0.2) is 21.2 Å². The van der Waals surface area contributed by atoms with Crippen LogP contribution in [0.4, 0.5) is 0 Å². The van der Waals surface area contributed by atoms with Crippen LogP contribution in [0.3, 0.4) is 0 Å². The summed E-state index contributed by atoms with van der Waals surface area (Å²) < 4.78 is 16.1. The number of ether oxygens (including phenoxy) is 1. The van der Waals surface area contributed by atoms with E-state index in [4.69, 9.17) is 14.5 Å². The predicted octanol–water partition coefficient (Wildman–Crippen LogP) is 3.68. The van der Waals surface area contributed by atoms with Gasteiger partial charge >= 0.3 is 7.60 Å². The lowest BCUT2D eigenvalue weighted by Gasteiger charge is -2.15. The van der Waals surface area contributed by atoms with Crippen LogP contribution in [0.2, 0.25) is 0 Å². The Kier molecular flexibility index (Phi) is 5.70. The molecule has 2 aromatic rings.